The van der Waals surface area contributed by atoms with Crippen molar-refractivity contribution in [3.8, 4) is 5.75 Å². The van der Waals surface area contributed by atoms with Crippen LogP contribution in [-0.4, -0.2) is 29.0 Å². The maximum Gasteiger partial charge on any atom is 0.311 e. The van der Waals surface area contributed by atoms with Gasteiger partial charge in [-0.25, -0.2) is 4.98 Å². The second-order valence-electron chi connectivity index (χ2n) is 5.01. The van der Waals surface area contributed by atoms with Crippen LogP contribution in [0.3, 0.4) is 0 Å². The van der Waals surface area contributed by atoms with E-state index in [4.69, 9.17) is 4.74 Å². The second-order valence-corrected chi connectivity index (χ2v) is 5.99. The van der Waals surface area contributed by atoms with Gasteiger partial charge in [0.05, 0.1) is 16.5 Å². The van der Waals surface area contributed by atoms with Crippen LogP contribution >= 0.6 is 11.3 Å². The Balaban J connectivity index is 1.85. The Kier molecular flexibility index (Phi) is 6.68. The molecular weight excluding hydrogens is 330 g/mol. The Bertz CT molecular complexity index is 689. The Morgan fingerprint density at radius 3 is 2.92 bits per heavy atom. The summed E-state index contributed by atoms with van der Waals surface area (Å²) in [6.45, 7) is 2.59. The first-order valence-electron chi connectivity index (χ1n) is 7.69. The van der Waals surface area contributed by atoms with Crippen molar-refractivity contribution < 1.29 is 14.5 Å². The summed E-state index contributed by atoms with van der Waals surface area (Å²) < 4.78 is 5.20. The van der Waals surface area contributed by atoms with Gasteiger partial charge >= 0.3 is 5.69 Å². The minimum atomic E-state index is -0.546. The van der Waals surface area contributed by atoms with Crippen LogP contribution in [0.1, 0.15) is 35.1 Å². The molecule has 0 aliphatic carbocycles. The number of carbonyl (C=O) groups is 1. The third kappa shape index (κ3) is 5.02. The zero-order chi connectivity index (χ0) is 17.4. The lowest BCUT2D eigenvalue weighted by atomic mass is 10.1. The highest BCUT2D eigenvalue weighted by molar-refractivity contribution is 7.09. The maximum atomic E-state index is 12.1. The molecule has 0 atom stereocenters. The molecule has 1 N–H and O–H groups in total. The van der Waals surface area contributed by atoms with Crippen LogP contribution in [0.25, 0.3) is 0 Å². The molecule has 0 aliphatic rings. The zero-order valence-electron chi connectivity index (χ0n) is 13.4. The molecule has 1 aromatic heterocycles. The Morgan fingerprint density at radius 2 is 2.25 bits per heavy atom. The predicted molar refractivity (Wildman–Crippen MR) is 91.7 cm³/mol. The van der Waals surface area contributed by atoms with Gasteiger partial charge in [-0.3, -0.25) is 14.9 Å². The molecule has 0 saturated heterocycles. The second kappa shape index (κ2) is 8.97. The topological polar surface area (TPSA) is 94.4 Å². The predicted octanol–water partition coefficient (Wildman–Crippen LogP) is 3.20. The van der Waals surface area contributed by atoms with Gasteiger partial charge in [0.25, 0.3) is 5.91 Å². The average molecular weight is 349 g/mol. The highest BCUT2D eigenvalue weighted by Gasteiger charge is 2.18. The van der Waals surface area contributed by atoms with Crippen LogP contribution < -0.4 is 10.1 Å². The van der Waals surface area contributed by atoms with Gasteiger partial charge in [-0.1, -0.05) is 0 Å². The van der Waals surface area contributed by atoms with Crippen LogP contribution in [-0.2, 0) is 6.42 Å². The highest BCUT2D eigenvalue weighted by atomic mass is 32.1. The number of hydrogen-bond acceptors (Lipinski definition) is 6. The molecule has 1 amide bonds. The molecule has 0 bridgehead atoms. The normalized spacial score (nSPS) is 10.4. The van der Waals surface area contributed by atoms with Crippen LogP contribution in [0, 0.1) is 10.1 Å². The van der Waals surface area contributed by atoms with Crippen molar-refractivity contribution in [1.82, 2.24) is 10.3 Å². The minimum absolute atomic E-state index is 0.169. The van der Waals surface area contributed by atoms with Gasteiger partial charge in [0, 0.05) is 29.8 Å². The van der Waals surface area contributed by atoms with Gasteiger partial charge in [-0.15, -0.1) is 11.3 Å². The number of nitro benzene ring substituents is 1. The standard InChI is InChI=1S/C16H19N3O4S/c1-2-23-14-7-6-12(11-13(14)19(21)22)16(20)18-8-4-3-5-15-17-9-10-24-15/h6-7,9-11H,2-5,8H2,1H3,(H,18,20). The largest absolute Gasteiger partial charge is 0.487 e. The van der Waals surface area contributed by atoms with E-state index in [1.54, 1.807) is 24.5 Å². The number of unbranched alkanes of at least 4 members (excludes halogenated alkanes) is 1. The third-order valence-corrected chi connectivity index (χ3v) is 4.14. The van der Waals surface area contributed by atoms with E-state index in [0.717, 1.165) is 24.3 Å². The molecule has 0 unspecified atom stereocenters. The fourth-order valence-corrected chi connectivity index (χ4v) is 2.82. The van der Waals surface area contributed by atoms with Crippen molar-refractivity contribution in [3.05, 3.63) is 50.5 Å². The van der Waals surface area contributed by atoms with E-state index in [1.165, 1.54) is 18.2 Å². The van der Waals surface area contributed by atoms with Gasteiger partial charge in [0.1, 0.15) is 0 Å². The lowest BCUT2D eigenvalue weighted by molar-refractivity contribution is -0.385. The molecule has 1 aromatic carbocycles. The van der Waals surface area contributed by atoms with Crippen LogP contribution in [0.4, 0.5) is 5.69 Å². The van der Waals surface area contributed by atoms with E-state index in [2.05, 4.69) is 10.3 Å². The SMILES string of the molecule is CCOc1ccc(C(=O)NCCCCc2nccs2)cc1[N+](=O)[O-]. The summed E-state index contributed by atoms with van der Waals surface area (Å²) in [7, 11) is 0. The third-order valence-electron chi connectivity index (χ3n) is 3.30. The van der Waals surface area contributed by atoms with E-state index in [0.29, 0.717) is 13.2 Å². The number of nitro groups is 1. The van der Waals surface area contributed by atoms with Gasteiger partial charge in [0.2, 0.25) is 0 Å². The van der Waals surface area contributed by atoms with Crippen LogP contribution in [0.2, 0.25) is 0 Å². The summed E-state index contributed by atoms with van der Waals surface area (Å²) in [6, 6.07) is 4.23. The highest BCUT2D eigenvalue weighted by Crippen LogP contribution is 2.27. The number of benzene rings is 1. The van der Waals surface area contributed by atoms with Gasteiger partial charge in [-0.05, 0) is 38.3 Å². The molecule has 0 spiro atoms. The van der Waals surface area contributed by atoms with Gasteiger partial charge in [0.15, 0.2) is 5.75 Å². The van der Waals surface area contributed by atoms with E-state index < -0.39 is 4.92 Å². The molecule has 128 valence electrons. The lowest BCUT2D eigenvalue weighted by Gasteiger charge is -2.07. The number of aryl methyl sites for hydroxylation is 1. The Hall–Kier alpha value is -2.48. The van der Waals surface area contributed by atoms with Crippen molar-refractivity contribution in [2.75, 3.05) is 13.2 Å². The lowest BCUT2D eigenvalue weighted by Crippen LogP contribution is -2.24. The van der Waals surface area contributed by atoms with Crippen molar-refractivity contribution in [1.29, 1.82) is 0 Å². The first-order chi connectivity index (χ1) is 11.6. The quantitative estimate of drug-likeness (QED) is 0.426. The average Bonchev–Trinajstić information content (AvgIpc) is 3.08. The molecule has 24 heavy (non-hydrogen) atoms. The van der Waals surface area contributed by atoms with Crippen molar-refractivity contribution in [2.45, 2.75) is 26.2 Å². The number of hydrogen-bond donors (Lipinski definition) is 1. The van der Waals surface area contributed by atoms with E-state index in [-0.39, 0.29) is 22.9 Å². The van der Waals surface area contributed by atoms with E-state index in [1.807, 2.05) is 5.38 Å². The van der Waals surface area contributed by atoms with E-state index >= 15 is 0 Å². The molecule has 0 aliphatic heterocycles. The zero-order valence-corrected chi connectivity index (χ0v) is 14.2. The Morgan fingerprint density at radius 1 is 1.42 bits per heavy atom. The van der Waals surface area contributed by atoms with Crippen molar-refractivity contribution in [3.63, 3.8) is 0 Å². The number of ether oxygens (including phenoxy) is 1. The smallest absolute Gasteiger partial charge is 0.311 e. The number of nitrogens with one attached hydrogen (secondary N) is 1. The van der Waals surface area contributed by atoms with E-state index in [9.17, 15) is 14.9 Å². The number of rotatable bonds is 9. The summed E-state index contributed by atoms with van der Waals surface area (Å²) >= 11 is 1.62. The summed E-state index contributed by atoms with van der Waals surface area (Å²) in [5, 5.41) is 16.9. The van der Waals surface area contributed by atoms with Crippen LogP contribution in [0.5, 0.6) is 5.75 Å². The van der Waals surface area contributed by atoms with Crippen LogP contribution in [0.15, 0.2) is 29.8 Å². The van der Waals surface area contributed by atoms with Crippen molar-refractivity contribution in [2.24, 2.45) is 0 Å². The molecule has 0 saturated carbocycles. The van der Waals surface area contributed by atoms with Gasteiger partial charge in [-0.2, -0.15) is 0 Å². The summed E-state index contributed by atoms with van der Waals surface area (Å²) in [5.41, 5.74) is 0.0540. The number of amides is 1. The number of nitrogens with zero attached hydrogens (tertiary/aromatic N) is 2. The Labute approximate surface area is 143 Å². The minimum Gasteiger partial charge on any atom is -0.487 e. The molecule has 8 heteroatoms. The van der Waals surface area contributed by atoms with Crippen molar-refractivity contribution >= 4 is 22.9 Å². The molecule has 1 heterocycles. The number of carbonyl (C=O) groups excluding carboxylic acids is 1. The summed E-state index contributed by atoms with van der Waals surface area (Å²) in [4.78, 5) is 26.8. The number of thiazole rings is 1. The molecule has 2 rings (SSSR count). The molecular formula is C16H19N3O4S. The first kappa shape index (κ1) is 17.9. The summed E-state index contributed by atoms with van der Waals surface area (Å²) in [6.07, 6.45) is 4.42. The maximum absolute atomic E-state index is 12.1. The monoisotopic (exact) mass is 349 g/mol. The fourth-order valence-electron chi connectivity index (χ4n) is 2.16. The molecule has 2 aromatic rings. The molecule has 7 nitrogen and oxygen atoms in total. The summed E-state index contributed by atoms with van der Waals surface area (Å²) in [5.74, 6) is -0.155. The fraction of sp³-hybridized carbons (Fsp3) is 0.375. The number of aromatic nitrogens is 1. The first-order valence-corrected chi connectivity index (χ1v) is 8.57. The molecule has 0 radical (unpaired) electrons. The molecule has 0 fully saturated rings. The van der Waals surface area contributed by atoms with Gasteiger partial charge < -0.3 is 10.1 Å².